The third-order valence-corrected chi connectivity index (χ3v) is 5.60. The number of urea groups is 1. The van der Waals surface area contributed by atoms with Gasteiger partial charge in [-0.2, -0.15) is 0 Å². The first kappa shape index (κ1) is 21.8. The van der Waals surface area contributed by atoms with E-state index in [1.54, 1.807) is 12.4 Å². The molecule has 0 spiro atoms. The predicted octanol–water partition coefficient (Wildman–Crippen LogP) is 4.44. The van der Waals surface area contributed by atoms with Gasteiger partial charge in [0.2, 0.25) is 0 Å². The Balaban J connectivity index is 1.19. The standard InChI is InChI=1S/C26H30N4O2/c31-26(28-24-11-5-13-27-20-24)30-16-14-29(15-17-30)21-23-9-4-12-25(19-23)32-18-6-10-22-7-2-1-3-8-22/h1-5,7-9,11-13,19-20H,6,10,14-18,21H2,(H,28,31). The van der Waals surface area contributed by atoms with Crippen molar-refractivity contribution in [3.05, 3.63) is 90.3 Å². The van der Waals surface area contributed by atoms with E-state index in [4.69, 9.17) is 4.74 Å². The molecule has 1 aromatic heterocycles. The molecule has 1 aliphatic rings. The summed E-state index contributed by atoms with van der Waals surface area (Å²) in [5.41, 5.74) is 3.30. The van der Waals surface area contributed by atoms with Crippen molar-refractivity contribution >= 4 is 11.7 Å². The Morgan fingerprint density at radius 3 is 2.53 bits per heavy atom. The van der Waals surface area contributed by atoms with Gasteiger partial charge < -0.3 is 15.0 Å². The van der Waals surface area contributed by atoms with Crippen LogP contribution in [0.25, 0.3) is 0 Å². The van der Waals surface area contributed by atoms with Gasteiger partial charge in [0.1, 0.15) is 5.75 Å². The Hall–Kier alpha value is -3.38. The van der Waals surface area contributed by atoms with Crippen LogP contribution in [0, 0.1) is 0 Å². The van der Waals surface area contributed by atoms with Gasteiger partial charge in [-0.25, -0.2) is 4.79 Å². The monoisotopic (exact) mass is 430 g/mol. The van der Waals surface area contributed by atoms with Crippen molar-refractivity contribution in [1.29, 1.82) is 0 Å². The Morgan fingerprint density at radius 2 is 1.75 bits per heavy atom. The van der Waals surface area contributed by atoms with E-state index in [0.717, 1.165) is 43.9 Å². The van der Waals surface area contributed by atoms with Gasteiger partial charge in [0.05, 0.1) is 18.5 Å². The number of rotatable bonds is 8. The molecule has 1 aliphatic heterocycles. The molecule has 4 rings (SSSR count). The number of nitrogens with zero attached hydrogens (tertiary/aromatic N) is 3. The molecule has 1 saturated heterocycles. The second-order valence-corrected chi connectivity index (χ2v) is 8.02. The zero-order valence-electron chi connectivity index (χ0n) is 18.3. The van der Waals surface area contributed by atoms with Crippen molar-refractivity contribution in [1.82, 2.24) is 14.8 Å². The number of amides is 2. The van der Waals surface area contributed by atoms with Crippen LogP contribution in [0.2, 0.25) is 0 Å². The normalized spacial score (nSPS) is 14.2. The lowest BCUT2D eigenvalue weighted by Gasteiger charge is -2.34. The topological polar surface area (TPSA) is 57.7 Å². The Morgan fingerprint density at radius 1 is 0.938 bits per heavy atom. The fraction of sp³-hybridized carbons (Fsp3) is 0.308. The number of piperazine rings is 1. The summed E-state index contributed by atoms with van der Waals surface area (Å²) in [5.74, 6) is 0.921. The molecule has 1 fully saturated rings. The number of hydrogen-bond donors (Lipinski definition) is 1. The van der Waals surface area contributed by atoms with Crippen LogP contribution in [0.1, 0.15) is 17.5 Å². The van der Waals surface area contributed by atoms with Crippen molar-refractivity contribution in [2.75, 3.05) is 38.1 Å². The highest BCUT2D eigenvalue weighted by Gasteiger charge is 2.21. The zero-order valence-corrected chi connectivity index (χ0v) is 18.3. The largest absolute Gasteiger partial charge is 0.494 e. The number of carbonyl (C=O) groups excluding carboxylic acids is 1. The highest BCUT2D eigenvalue weighted by molar-refractivity contribution is 5.89. The quantitative estimate of drug-likeness (QED) is 0.537. The number of aromatic nitrogens is 1. The van der Waals surface area contributed by atoms with E-state index < -0.39 is 0 Å². The molecule has 3 aromatic rings. The van der Waals surface area contributed by atoms with Crippen molar-refractivity contribution in [2.24, 2.45) is 0 Å². The molecule has 0 aliphatic carbocycles. The van der Waals surface area contributed by atoms with Crippen LogP contribution in [0.3, 0.4) is 0 Å². The van der Waals surface area contributed by atoms with Crippen LogP contribution in [-0.2, 0) is 13.0 Å². The van der Waals surface area contributed by atoms with E-state index in [9.17, 15) is 4.79 Å². The summed E-state index contributed by atoms with van der Waals surface area (Å²) in [6.45, 7) is 4.69. The SMILES string of the molecule is O=C(Nc1cccnc1)N1CCN(Cc2cccc(OCCCc3ccccc3)c2)CC1. The van der Waals surface area contributed by atoms with Crippen LogP contribution in [0.5, 0.6) is 5.75 Å². The minimum atomic E-state index is -0.0662. The van der Waals surface area contributed by atoms with Crippen LogP contribution in [0.15, 0.2) is 79.1 Å². The molecular formula is C26H30N4O2. The van der Waals surface area contributed by atoms with Crippen LogP contribution < -0.4 is 10.1 Å². The van der Waals surface area contributed by atoms with Gasteiger partial charge in [-0.05, 0) is 48.2 Å². The maximum absolute atomic E-state index is 12.4. The van der Waals surface area contributed by atoms with Gasteiger partial charge in [0, 0.05) is 38.9 Å². The third-order valence-electron chi connectivity index (χ3n) is 5.60. The molecule has 0 atom stereocenters. The average Bonchev–Trinajstić information content (AvgIpc) is 2.84. The smallest absolute Gasteiger partial charge is 0.321 e. The van der Waals surface area contributed by atoms with Gasteiger partial charge in [-0.3, -0.25) is 9.88 Å². The van der Waals surface area contributed by atoms with E-state index in [1.807, 2.05) is 29.2 Å². The van der Waals surface area contributed by atoms with Gasteiger partial charge in [0.15, 0.2) is 0 Å². The lowest BCUT2D eigenvalue weighted by Crippen LogP contribution is -2.49. The zero-order chi connectivity index (χ0) is 22.0. The van der Waals surface area contributed by atoms with E-state index in [1.165, 1.54) is 11.1 Å². The molecule has 6 heteroatoms. The first-order valence-electron chi connectivity index (χ1n) is 11.2. The van der Waals surface area contributed by atoms with Gasteiger partial charge in [-0.15, -0.1) is 0 Å². The molecule has 6 nitrogen and oxygen atoms in total. The maximum atomic E-state index is 12.4. The van der Waals surface area contributed by atoms with Crippen LogP contribution in [0.4, 0.5) is 10.5 Å². The summed E-state index contributed by atoms with van der Waals surface area (Å²) in [7, 11) is 0. The molecule has 0 saturated carbocycles. The van der Waals surface area contributed by atoms with Crippen molar-refractivity contribution in [2.45, 2.75) is 19.4 Å². The summed E-state index contributed by atoms with van der Waals surface area (Å²) in [6.07, 6.45) is 5.38. The molecule has 2 aromatic carbocycles. The number of aryl methyl sites for hydroxylation is 1. The van der Waals surface area contributed by atoms with E-state index >= 15 is 0 Å². The number of nitrogens with one attached hydrogen (secondary N) is 1. The molecule has 2 amide bonds. The maximum Gasteiger partial charge on any atom is 0.321 e. The molecule has 0 bridgehead atoms. The second-order valence-electron chi connectivity index (χ2n) is 8.02. The molecular weight excluding hydrogens is 400 g/mol. The molecule has 32 heavy (non-hydrogen) atoms. The average molecular weight is 431 g/mol. The Bertz CT molecular complexity index is 973. The van der Waals surface area contributed by atoms with Crippen molar-refractivity contribution in [3.63, 3.8) is 0 Å². The van der Waals surface area contributed by atoms with Gasteiger partial charge in [-0.1, -0.05) is 42.5 Å². The fourth-order valence-electron chi connectivity index (χ4n) is 3.85. The minimum absolute atomic E-state index is 0.0662. The number of hydrogen-bond acceptors (Lipinski definition) is 4. The highest BCUT2D eigenvalue weighted by Crippen LogP contribution is 2.17. The third kappa shape index (κ3) is 6.56. The number of pyridine rings is 1. The summed E-state index contributed by atoms with van der Waals surface area (Å²) in [4.78, 5) is 20.7. The molecule has 2 heterocycles. The van der Waals surface area contributed by atoms with Gasteiger partial charge in [0.25, 0.3) is 0 Å². The van der Waals surface area contributed by atoms with Crippen molar-refractivity contribution < 1.29 is 9.53 Å². The number of ether oxygens (including phenoxy) is 1. The van der Waals surface area contributed by atoms with E-state index in [0.29, 0.717) is 19.7 Å². The predicted molar refractivity (Wildman–Crippen MR) is 127 cm³/mol. The number of benzene rings is 2. The lowest BCUT2D eigenvalue weighted by molar-refractivity contribution is 0.143. The summed E-state index contributed by atoms with van der Waals surface area (Å²) >= 11 is 0. The number of anilines is 1. The van der Waals surface area contributed by atoms with E-state index in [-0.39, 0.29) is 6.03 Å². The van der Waals surface area contributed by atoms with Gasteiger partial charge >= 0.3 is 6.03 Å². The molecule has 0 radical (unpaired) electrons. The summed E-state index contributed by atoms with van der Waals surface area (Å²) in [6, 6.07) is 22.4. The molecule has 1 N–H and O–H groups in total. The van der Waals surface area contributed by atoms with Crippen LogP contribution >= 0.6 is 0 Å². The molecule has 166 valence electrons. The fourth-order valence-corrected chi connectivity index (χ4v) is 3.85. The Labute approximate surface area is 189 Å². The molecule has 0 unspecified atom stereocenters. The van der Waals surface area contributed by atoms with Crippen LogP contribution in [-0.4, -0.2) is 53.6 Å². The second kappa shape index (κ2) is 11.3. The summed E-state index contributed by atoms with van der Waals surface area (Å²) < 4.78 is 5.98. The highest BCUT2D eigenvalue weighted by atomic mass is 16.5. The Kier molecular flexibility index (Phi) is 7.71. The lowest BCUT2D eigenvalue weighted by atomic mass is 10.1. The number of carbonyl (C=O) groups is 1. The first-order valence-corrected chi connectivity index (χ1v) is 11.2. The first-order chi connectivity index (χ1) is 15.8. The van der Waals surface area contributed by atoms with Crippen molar-refractivity contribution in [3.8, 4) is 5.75 Å². The minimum Gasteiger partial charge on any atom is -0.494 e. The summed E-state index contributed by atoms with van der Waals surface area (Å²) in [5, 5.41) is 2.91. The van der Waals surface area contributed by atoms with E-state index in [2.05, 4.69) is 57.7 Å².